The predicted molar refractivity (Wildman–Crippen MR) is 103 cm³/mol. The molecule has 0 saturated heterocycles. The summed E-state index contributed by atoms with van der Waals surface area (Å²) in [6.45, 7) is 0. The van der Waals surface area contributed by atoms with E-state index >= 15 is 0 Å². The molecule has 1 fully saturated rings. The van der Waals surface area contributed by atoms with E-state index in [-0.39, 0.29) is 0 Å². The largest absolute Gasteiger partial charge is 0.461 e. The molecule has 0 N–H and O–H groups in total. The third kappa shape index (κ3) is 2.21. The molecule has 5 rings (SSSR count). The fourth-order valence-electron chi connectivity index (χ4n) is 4.08. The summed E-state index contributed by atoms with van der Waals surface area (Å²) in [6, 6.07) is 19.9. The smallest absolute Gasteiger partial charge is 0.336 e. The molecule has 1 aliphatic rings. The SMILES string of the molecule is N#CC1(C#N)C(c2cc3ccccc3o2)C1c1cc(=O)oc2ccc(Cl)cc12. The summed E-state index contributed by atoms with van der Waals surface area (Å²) >= 11 is 6.13. The second kappa shape index (κ2) is 5.73. The van der Waals surface area contributed by atoms with Crippen molar-refractivity contribution in [3.63, 3.8) is 0 Å². The fraction of sp³-hybridized carbons (Fsp3) is 0.136. The van der Waals surface area contributed by atoms with Gasteiger partial charge in [-0.15, -0.1) is 0 Å². The lowest BCUT2D eigenvalue weighted by Crippen LogP contribution is -2.03. The molecule has 2 atom stereocenters. The van der Waals surface area contributed by atoms with Gasteiger partial charge in [-0.1, -0.05) is 29.8 Å². The highest BCUT2D eigenvalue weighted by Crippen LogP contribution is 2.70. The normalized spacial score (nSPS) is 20.0. The lowest BCUT2D eigenvalue weighted by atomic mass is 9.99. The Kier molecular flexibility index (Phi) is 3.40. The van der Waals surface area contributed by atoms with E-state index in [2.05, 4.69) is 12.1 Å². The number of hydrogen-bond acceptors (Lipinski definition) is 5. The van der Waals surface area contributed by atoms with Crippen molar-refractivity contribution in [3.8, 4) is 12.1 Å². The van der Waals surface area contributed by atoms with Crippen molar-refractivity contribution in [2.45, 2.75) is 11.8 Å². The van der Waals surface area contributed by atoms with Gasteiger partial charge >= 0.3 is 5.63 Å². The van der Waals surface area contributed by atoms with Gasteiger partial charge in [-0.2, -0.15) is 10.5 Å². The molecule has 0 radical (unpaired) electrons. The number of furan rings is 1. The Bertz CT molecular complexity index is 1360. The second-order valence-electron chi connectivity index (χ2n) is 6.90. The number of nitriles is 2. The summed E-state index contributed by atoms with van der Waals surface area (Å²) in [6.07, 6.45) is 0. The van der Waals surface area contributed by atoms with Gasteiger partial charge in [0.25, 0.3) is 0 Å². The predicted octanol–water partition coefficient (Wildman–Crippen LogP) is 5.11. The lowest BCUT2D eigenvalue weighted by molar-refractivity contribution is 0.538. The summed E-state index contributed by atoms with van der Waals surface area (Å²) < 4.78 is 11.2. The van der Waals surface area contributed by atoms with Gasteiger partial charge in [0.1, 0.15) is 16.9 Å². The third-order valence-corrected chi connectivity index (χ3v) is 5.63. The van der Waals surface area contributed by atoms with E-state index < -0.39 is 22.9 Å². The Hall–Kier alpha value is -3.54. The second-order valence-corrected chi connectivity index (χ2v) is 7.33. The maximum absolute atomic E-state index is 12.1. The number of rotatable bonds is 2. The van der Waals surface area contributed by atoms with E-state index in [9.17, 15) is 15.3 Å². The molecule has 2 heterocycles. The zero-order valence-corrected chi connectivity index (χ0v) is 15.1. The van der Waals surface area contributed by atoms with Crippen LogP contribution in [0.15, 0.2) is 68.2 Å². The quantitative estimate of drug-likeness (QED) is 0.446. The Balaban J connectivity index is 1.74. The van der Waals surface area contributed by atoms with Crippen molar-refractivity contribution >= 4 is 33.5 Å². The molecule has 0 aliphatic heterocycles. The zero-order chi connectivity index (χ0) is 19.5. The van der Waals surface area contributed by atoms with Gasteiger partial charge < -0.3 is 8.83 Å². The number of halogens is 1. The van der Waals surface area contributed by atoms with Crippen molar-refractivity contribution in [1.82, 2.24) is 0 Å². The van der Waals surface area contributed by atoms with Crippen LogP contribution in [0.5, 0.6) is 0 Å². The topological polar surface area (TPSA) is 90.9 Å². The van der Waals surface area contributed by atoms with Gasteiger partial charge in [-0.05, 0) is 35.9 Å². The summed E-state index contributed by atoms with van der Waals surface area (Å²) in [5, 5.41) is 21.7. The van der Waals surface area contributed by atoms with Crippen molar-refractivity contribution < 1.29 is 8.83 Å². The van der Waals surface area contributed by atoms with Gasteiger partial charge in [-0.3, -0.25) is 0 Å². The molecule has 1 aliphatic carbocycles. The summed E-state index contributed by atoms with van der Waals surface area (Å²) in [4.78, 5) is 12.1. The molecule has 0 amide bonds. The Morgan fingerprint density at radius 3 is 2.46 bits per heavy atom. The first-order valence-corrected chi connectivity index (χ1v) is 8.99. The zero-order valence-electron chi connectivity index (χ0n) is 14.3. The summed E-state index contributed by atoms with van der Waals surface area (Å²) in [7, 11) is 0. The summed E-state index contributed by atoms with van der Waals surface area (Å²) in [5.41, 5.74) is -0.232. The van der Waals surface area contributed by atoms with Crippen LogP contribution in [0.1, 0.15) is 23.2 Å². The summed E-state index contributed by atoms with van der Waals surface area (Å²) in [5.74, 6) is -0.454. The number of benzene rings is 2. The minimum atomic E-state index is -1.32. The number of hydrogen-bond donors (Lipinski definition) is 0. The molecule has 134 valence electrons. The Labute approximate surface area is 164 Å². The molecule has 2 aromatic heterocycles. The van der Waals surface area contributed by atoms with E-state index in [1.165, 1.54) is 6.07 Å². The molecule has 4 aromatic rings. The Morgan fingerprint density at radius 1 is 0.929 bits per heavy atom. The van der Waals surface area contributed by atoms with Crippen LogP contribution in [-0.4, -0.2) is 0 Å². The monoisotopic (exact) mass is 386 g/mol. The Morgan fingerprint density at radius 2 is 1.71 bits per heavy atom. The number of para-hydroxylation sites is 1. The molecular formula is C22H11ClN2O3. The molecule has 2 unspecified atom stereocenters. The van der Waals surface area contributed by atoms with Gasteiger partial charge in [0.05, 0.1) is 18.1 Å². The fourth-order valence-corrected chi connectivity index (χ4v) is 4.25. The maximum Gasteiger partial charge on any atom is 0.336 e. The molecule has 0 bridgehead atoms. The van der Waals surface area contributed by atoms with Crippen LogP contribution in [0, 0.1) is 28.1 Å². The van der Waals surface area contributed by atoms with E-state index in [1.807, 2.05) is 30.3 Å². The highest BCUT2D eigenvalue weighted by molar-refractivity contribution is 6.31. The third-order valence-electron chi connectivity index (χ3n) is 5.40. The van der Waals surface area contributed by atoms with Crippen molar-refractivity contribution in [2.24, 2.45) is 5.41 Å². The maximum atomic E-state index is 12.1. The molecule has 5 nitrogen and oxygen atoms in total. The molecule has 0 spiro atoms. The van der Waals surface area contributed by atoms with E-state index in [0.717, 1.165) is 5.39 Å². The van der Waals surface area contributed by atoms with E-state index in [1.54, 1.807) is 18.2 Å². The average molecular weight is 387 g/mol. The number of nitrogens with zero attached hydrogens (tertiary/aromatic N) is 2. The first kappa shape index (κ1) is 16.6. The average Bonchev–Trinajstić information content (AvgIpc) is 3.18. The number of fused-ring (bicyclic) bond motifs is 2. The van der Waals surface area contributed by atoms with Crippen LogP contribution < -0.4 is 5.63 Å². The first-order valence-electron chi connectivity index (χ1n) is 8.61. The van der Waals surface area contributed by atoms with Gasteiger partial charge in [0.15, 0.2) is 5.41 Å². The lowest BCUT2D eigenvalue weighted by Gasteiger charge is -2.05. The van der Waals surface area contributed by atoms with Crippen molar-refractivity contribution in [2.75, 3.05) is 0 Å². The van der Waals surface area contributed by atoms with Crippen LogP contribution in [0.4, 0.5) is 0 Å². The minimum absolute atomic E-state index is 0.368. The van der Waals surface area contributed by atoms with E-state index in [4.69, 9.17) is 20.4 Å². The highest BCUT2D eigenvalue weighted by atomic mass is 35.5. The van der Waals surface area contributed by atoms with Crippen LogP contribution >= 0.6 is 11.6 Å². The van der Waals surface area contributed by atoms with Gasteiger partial charge in [-0.25, -0.2) is 4.79 Å². The van der Waals surface area contributed by atoms with E-state index in [0.29, 0.717) is 32.9 Å². The van der Waals surface area contributed by atoms with Crippen molar-refractivity contribution in [3.05, 3.63) is 81.4 Å². The van der Waals surface area contributed by atoms with Crippen LogP contribution in [0.25, 0.3) is 21.9 Å². The van der Waals surface area contributed by atoms with Gasteiger partial charge in [0, 0.05) is 27.8 Å². The van der Waals surface area contributed by atoms with Crippen LogP contribution in [0.2, 0.25) is 5.02 Å². The van der Waals surface area contributed by atoms with Crippen LogP contribution in [0.3, 0.4) is 0 Å². The van der Waals surface area contributed by atoms with Crippen LogP contribution in [-0.2, 0) is 0 Å². The molecule has 6 heteroatoms. The molecule has 28 heavy (non-hydrogen) atoms. The van der Waals surface area contributed by atoms with Gasteiger partial charge in [0.2, 0.25) is 0 Å². The highest BCUT2D eigenvalue weighted by Gasteiger charge is 2.70. The first-order chi connectivity index (χ1) is 13.6. The van der Waals surface area contributed by atoms with Crippen molar-refractivity contribution in [1.29, 1.82) is 10.5 Å². The molecule has 1 saturated carbocycles. The standard InChI is InChI=1S/C22H11ClN2O3/c23-13-5-6-17-14(8-13)15(9-19(26)28-17)20-21(22(20,10-24)11-25)18-7-12-3-1-2-4-16(12)27-18/h1-9,20-21H. The molecule has 2 aromatic carbocycles. The molecular weight excluding hydrogens is 376 g/mol. The minimum Gasteiger partial charge on any atom is -0.461 e.